The minimum absolute atomic E-state index is 0.776. The molecule has 0 amide bonds. The highest BCUT2D eigenvalue weighted by atomic mass is 15.2. The third-order valence-corrected chi connectivity index (χ3v) is 4.56. The summed E-state index contributed by atoms with van der Waals surface area (Å²) < 4.78 is 0. The van der Waals surface area contributed by atoms with Crippen LogP contribution in [-0.2, 0) is 0 Å². The van der Waals surface area contributed by atoms with Gasteiger partial charge in [-0.1, -0.05) is 13.3 Å². The van der Waals surface area contributed by atoms with E-state index in [1.807, 2.05) is 0 Å². The molecule has 2 rings (SSSR count). The Kier molecular flexibility index (Phi) is 5.93. The number of likely N-dealkylation sites (tertiary alicyclic amines) is 2. The molecule has 2 aliphatic heterocycles. The van der Waals surface area contributed by atoms with Crippen LogP contribution in [0.1, 0.15) is 39.0 Å². The Bertz CT molecular complexity index is 226. The Morgan fingerprint density at radius 2 is 1.83 bits per heavy atom. The first-order valence-corrected chi connectivity index (χ1v) is 7.89. The summed E-state index contributed by atoms with van der Waals surface area (Å²) in [5.74, 6) is 0.789. The van der Waals surface area contributed by atoms with Crippen molar-refractivity contribution in [3.63, 3.8) is 0 Å². The molecule has 2 saturated heterocycles. The highest BCUT2D eigenvalue weighted by Crippen LogP contribution is 2.14. The molecular weight excluding hydrogens is 222 g/mol. The van der Waals surface area contributed by atoms with E-state index >= 15 is 0 Å². The lowest BCUT2D eigenvalue weighted by Crippen LogP contribution is -2.44. The van der Waals surface area contributed by atoms with E-state index in [0.29, 0.717) is 0 Å². The molecular formula is C15H31N3. The molecule has 0 radical (unpaired) electrons. The van der Waals surface area contributed by atoms with E-state index in [0.717, 1.165) is 12.0 Å². The molecule has 2 heterocycles. The topological polar surface area (TPSA) is 18.5 Å². The van der Waals surface area contributed by atoms with Crippen molar-refractivity contribution in [2.24, 2.45) is 5.92 Å². The van der Waals surface area contributed by atoms with E-state index in [-0.39, 0.29) is 0 Å². The molecule has 3 nitrogen and oxygen atoms in total. The molecule has 0 aromatic rings. The van der Waals surface area contributed by atoms with E-state index in [1.165, 1.54) is 71.4 Å². The van der Waals surface area contributed by atoms with E-state index in [1.54, 1.807) is 0 Å². The zero-order valence-corrected chi connectivity index (χ0v) is 12.3. The van der Waals surface area contributed by atoms with Crippen molar-refractivity contribution >= 4 is 0 Å². The van der Waals surface area contributed by atoms with Crippen LogP contribution in [0.2, 0.25) is 0 Å². The highest BCUT2D eigenvalue weighted by Gasteiger charge is 2.19. The predicted octanol–water partition coefficient (Wildman–Crippen LogP) is 1.79. The molecule has 0 aliphatic carbocycles. The molecule has 18 heavy (non-hydrogen) atoms. The van der Waals surface area contributed by atoms with Gasteiger partial charge in [0.1, 0.15) is 0 Å². The van der Waals surface area contributed by atoms with Crippen molar-refractivity contribution in [2.45, 2.75) is 45.1 Å². The molecule has 106 valence electrons. The lowest BCUT2D eigenvalue weighted by atomic mass is 10.0. The second kappa shape index (κ2) is 7.46. The molecule has 2 fully saturated rings. The van der Waals surface area contributed by atoms with Crippen LogP contribution in [0.4, 0.5) is 0 Å². The fourth-order valence-corrected chi connectivity index (χ4v) is 3.37. The zero-order chi connectivity index (χ0) is 12.8. The van der Waals surface area contributed by atoms with Crippen molar-refractivity contribution < 1.29 is 0 Å². The quantitative estimate of drug-likeness (QED) is 0.778. The van der Waals surface area contributed by atoms with Gasteiger partial charge in [0.2, 0.25) is 0 Å². The summed E-state index contributed by atoms with van der Waals surface area (Å²) in [6, 6.07) is 0.776. The van der Waals surface area contributed by atoms with Gasteiger partial charge >= 0.3 is 0 Å². The summed E-state index contributed by atoms with van der Waals surface area (Å²) in [5.41, 5.74) is 0. The van der Waals surface area contributed by atoms with Gasteiger partial charge in [0.05, 0.1) is 0 Å². The minimum Gasteiger partial charge on any atom is -0.315 e. The lowest BCUT2D eigenvalue weighted by Gasteiger charge is -2.33. The van der Waals surface area contributed by atoms with Crippen LogP contribution in [-0.4, -0.2) is 62.2 Å². The molecule has 0 aromatic carbocycles. The number of rotatable bonds is 6. The van der Waals surface area contributed by atoms with Crippen LogP contribution >= 0.6 is 0 Å². The van der Waals surface area contributed by atoms with Gasteiger partial charge in [-0.15, -0.1) is 0 Å². The van der Waals surface area contributed by atoms with Crippen LogP contribution in [0.25, 0.3) is 0 Å². The Labute approximate surface area is 113 Å². The third kappa shape index (κ3) is 4.52. The number of likely N-dealkylation sites (N-methyl/N-ethyl adjacent to an activating group) is 1. The fourth-order valence-electron chi connectivity index (χ4n) is 3.37. The van der Waals surface area contributed by atoms with Gasteiger partial charge in [-0.3, -0.25) is 0 Å². The van der Waals surface area contributed by atoms with Gasteiger partial charge in [0, 0.05) is 19.1 Å². The van der Waals surface area contributed by atoms with Gasteiger partial charge in [0.25, 0.3) is 0 Å². The summed E-state index contributed by atoms with van der Waals surface area (Å²) in [7, 11) is 2.28. The van der Waals surface area contributed by atoms with Crippen LogP contribution in [0.3, 0.4) is 0 Å². The smallest absolute Gasteiger partial charge is 0.0217 e. The molecule has 0 saturated carbocycles. The summed E-state index contributed by atoms with van der Waals surface area (Å²) in [4.78, 5) is 5.15. The molecule has 2 aliphatic rings. The van der Waals surface area contributed by atoms with Crippen LogP contribution < -0.4 is 5.32 Å². The number of nitrogens with one attached hydrogen (secondary N) is 1. The average molecular weight is 253 g/mol. The van der Waals surface area contributed by atoms with Crippen molar-refractivity contribution in [3.8, 4) is 0 Å². The summed E-state index contributed by atoms with van der Waals surface area (Å²) >= 11 is 0. The monoisotopic (exact) mass is 253 g/mol. The van der Waals surface area contributed by atoms with Crippen LogP contribution in [0, 0.1) is 5.92 Å². The average Bonchev–Trinajstić information content (AvgIpc) is 2.84. The first kappa shape index (κ1) is 14.3. The number of hydrogen-bond donors (Lipinski definition) is 1. The molecule has 0 spiro atoms. The van der Waals surface area contributed by atoms with Crippen molar-refractivity contribution in [3.05, 3.63) is 0 Å². The van der Waals surface area contributed by atoms with E-state index in [9.17, 15) is 0 Å². The number of hydrogen-bond acceptors (Lipinski definition) is 3. The Balaban J connectivity index is 1.56. The Hall–Kier alpha value is -0.120. The molecule has 0 bridgehead atoms. The maximum atomic E-state index is 3.69. The van der Waals surface area contributed by atoms with Gasteiger partial charge in [-0.2, -0.15) is 0 Å². The first-order chi connectivity index (χ1) is 8.75. The number of piperidine rings is 1. The molecule has 0 aromatic heterocycles. The first-order valence-electron chi connectivity index (χ1n) is 7.89. The van der Waals surface area contributed by atoms with Crippen molar-refractivity contribution in [2.75, 3.05) is 46.3 Å². The Morgan fingerprint density at radius 3 is 2.56 bits per heavy atom. The largest absolute Gasteiger partial charge is 0.315 e. The maximum Gasteiger partial charge on any atom is 0.0217 e. The highest BCUT2D eigenvalue weighted by molar-refractivity contribution is 4.77. The summed E-state index contributed by atoms with van der Waals surface area (Å²) in [6.07, 6.45) is 7.00. The SMILES string of the molecule is CC(CNCC1CCCCN1C)CN1CCCC1. The number of nitrogens with zero attached hydrogens (tertiary/aromatic N) is 2. The predicted molar refractivity (Wildman–Crippen MR) is 78.0 cm³/mol. The molecule has 2 atom stereocenters. The fraction of sp³-hybridized carbons (Fsp3) is 1.00. The lowest BCUT2D eigenvalue weighted by molar-refractivity contribution is 0.178. The maximum absolute atomic E-state index is 3.69. The van der Waals surface area contributed by atoms with Crippen molar-refractivity contribution in [1.82, 2.24) is 15.1 Å². The third-order valence-electron chi connectivity index (χ3n) is 4.56. The van der Waals surface area contributed by atoms with Crippen LogP contribution in [0.5, 0.6) is 0 Å². The van der Waals surface area contributed by atoms with Crippen molar-refractivity contribution in [1.29, 1.82) is 0 Å². The second-order valence-corrected chi connectivity index (χ2v) is 6.40. The Morgan fingerprint density at radius 1 is 1.11 bits per heavy atom. The van der Waals surface area contributed by atoms with Gasteiger partial charge in [-0.25, -0.2) is 0 Å². The molecule has 2 unspecified atom stereocenters. The molecule has 3 heteroatoms. The molecule has 1 N–H and O–H groups in total. The standard InChI is InChI=1S/C15H31N3/c1-14(13-18-9-5-6-10-18)11-16-12-15-7-3-4-8-17(15)2/h14-16H,3-13H2,1-2H3. The second-order valence-electron chi connectivity index (χ2n) is 6.40. The van der Waals surface area contributed by atoms with Gasteiger partial charge < -0.3 is 15.1 Å². The summed E-state index contributed by atoms with van der Waals surface area (Å²) in [5, 5.41) is 3.69. The van der Waals surface area contributed by atoms with Crippen LogP contribution in [0.15, 0.2) is 0 Å². The normalized spacial score (nSPS) is 28.7. The van der Waals surface area contributed by atoms with Gasteiger partial charge in [0.15, 0.2) is 0 Å². The van der Waals surface area contributed by atoms with E-state index < -0.39 is 0 Å². The minimum atomic E-state index is 0.776. The van der Waals surface area contributed by atoms with E-state index in [4.69, 9.17) is 0 Å². The van der Waals surface area contributed by atoms with E-state index in [2.05, 4.69) is 29.1 Å². The zero-order valence-electron chi connectivity index (χ0n) is 12.3. The summed E-state index contributed by atoms with van der Waals surface area (Å²) in [6.45, 7) is 9.98. The van der Waals surface area contributed by atoms with Gasteiger partial charge in [-0.05, 0) is 64.8 Å².